The average molecular weight is 412 g/mol. The van der Waals surface area contributed by atoms with Crippen molar-refractivity contribution in [2.45, 2.75) is 95.4 Å². The highest BCUT2D eigenvalue weighted by molar-refractivity contribution is 6.48. The molecule has 4 saturated carbocycles. The molecule has 5 rings (SSSR count). The second kappa shape index (κ2) is 7.66. The maximum Gasteiger partial charge on any atom is 0.206 e. The summed E-state index contributed by atoms with van der Waals surface area (Å²) in [6, 6.07) is 6.97. The minimum absolute atomic E-state index is 0.120. The van der Waals surface area contributed by atoms with E-state index in [1.54, 1.807) is 11.6 Å². The van der Waals surface area contributed by atoms with E-state index in [-0.39, 0.29) is 11.5 Å². The molecule has 2 atom stereocenters. The molecule has 4 fully saturated rings. The first-order valence-electron chi connectivity index (χ1n) is 11.5. The average Bonchev–Trinajstić information content (AvgIpc) is 2.63. The van der Waals surface area contributed by atoms with Crippen molar-refractivity contribution < 1.29 is 9.53 Å². The third kappa shape index (κ3) is 4.03. The summed E-state index contributed by atoms with van der Waals surface area (Å²) in [6.45, 7) is 15.1. The van der Waals surface area contributed by atoms with Gasteiger partial charge in [-0.15, -0.1) is 6.58 Å². The molecular formula is C26H39O2Si. The Hall–Kier alpha value is -0.903. The quantitative estimate of drug-likeness (QED) is 0.439. The first-order chi connectivity index (χ1) is 13.6. The first-order valence-corrected chi connectivity index (χ1v) is 13.9. The maximum atomic E-state index is 10.6. The molecule has 29 heavy (non-hydrogen) atoms. The lowest BCUT2D eigenvalue weighted by molar-refractivity contribution is -0.00614. The Balaban J connectivity index is 1.81. The van der Waals surface area contributed by atoms with Gasteiger partial charge >= 0.3 is 0 Å². The molecule has 1 N–H and O–H groups in total. The van der Waals surface area contributed by atoms with Gasteiger partial charge in [-0.05, 0) is 96.9 Å². The molecule has 4 bridgehead atoms. The Morgan fingerprint density at radius 3 is 2.10 bits per heavy atom. The van der Waals surface area contributed by atoms with Gasteiger partial charge in [-0.25, -0.2) is 0 Å². The van der Waals surface area contributed by atoms with Crippen molar-refractivity contribution in [3.63, 3.8) is 0 Å². The molecule has 4 aliphatic carbocycles. The molecule has 1 aromatic carbocycles. The lowest BCUT2D eigenvalue weighted by atomic mass is 9.47. The van der Waals surface area contributed by atoms with Crippen LogP contribution in [0.5, 0.6) is 0 Å². The van der Waals surface area contributed by atoms with Crippen LogP contribution in [0.2, 0.25) is 13.1 Å². The van der Waals surface area contributed by atoms with Crippen molar-refractivity contribution in [2.75, 3.05) is 0 Å². The molecule has 159 valence electrons. The highest BCUT2D eigenvalue weighted by Gasteiger charge is 2.52. The summed E-state index contributed by atoms with van der Waals surface area (Å²) in [5, 5.41) is 10.6. The summed E-state index contributed by atoms with van der Waals surface area (Å²) in [5.74, 6) is 2.76. The van der Waals surface area contributed by atoms with Crippen LogP contribution in [-0.2, 0) is 15.3 Å². The lowest BCUT2D eigenvalue weighted by Gasteiger charge is -2.58. The topological polar surface area (TPSA) is 29.5 Å². The zero-order valence-corrected chi connectivity index (χ0v) is 20.0. The van der Waals surface area contributed by atoms with Gasteiger partial charge < -0.3 is 9.53 Å². The van der Waals surface area contributed by atoms with Gasteiger partial charge in [0.05, 0.1) is 6.10 Å². The lowest BCUT2D eigenvalue weighted by Crippen LogP contribution is -2.49. The fraction of sp³-hybridized carbons (Fsp3) is 0.692. The number of aliphatic hydroxyl groups is 1. The van der Waals surface area contributed by atoms with Crippen molar-refractivity contribution in [2.24, 2.45) is 17.8 Å². The fourth-order valence-electron chi connectivity index (χ4n) is 6.98. The maximum absolute atomic E-state index is 10.6. The number of hydrogen-bond acceptors (Lipinski definition) is 2. The molecule has 0 amide bonds. The number of benzene rings is 1. The molecule has 2 nitrogen and oxygen atoms in total. The second-order valence-corrected chi connectivity index (χ2v) is 13.5. The van der Waals surface area contributed by atoms with E-state index in [9.17, 15) is 5.11 Å². The third-order valence-electron chi connectivity index (χ3n) is 7.70. The van der Waals surface area contributed by atoms with Gasteiger partial charge in [0.25, 0.3) is 0 Å². The van der Waals surface area contributed by atoms with E-state index in [1.165, 1.54) is 44.1 Å². The molecule has 1 radical (unpaired) electrons. The zero-order valence-electron chi connectivity index (χ0n) is 19.0. The van der Waals surface area contributed by atoms with Crippen molar-refractivity contribution >= 4 is 9.04 Å². The molecular weight excluding hydrogens is 372 g/mol. The van der Waals surface area contributed by atoms with Gasteiger partial charge in [0.1, 0.15) is 6.10 Å². The van der Waals surface area contributed by atoms with Crippen molar-refractivity contribution in [1.29, 1.82) is 0 Å². The zero-order chi connectivity index (χ0) is 21.0. The van der Waals surface area contributed by atoms with Crippen LogP contribution in [0, 0.1) is 17.8 Å². The van der Waals surface area contributed by atoms with E-state index < -0.39 is 15.1 Å². The summed E-state index contributed by atoms with van der Waals surface area (Å²) in [4.78, 5) is 0. The monoisotopic (exact) mass is 411 g/mol. The largest absolute Gasteiger partial charge is 0.407 e. The standard InChI is InChI=1S/C26H39O2Si/c1-7-23(27)24(28-29(5)6)20-8-9-21(25(2,3)4)22(13-20)26-14-17-10-18(15-26)12-19(11-17)16-26/h7-9,13,17-19,23-24,27H,1,10-12,14-16H2,2-6H3. The molecule has 0 aromatic heterocycles. The van der Waals surface area contributed by atoms with Gasteiger partial charge in [0.2, 0.25) is 9.04 Å². The fourth-order valence-corrected chi connectivity index (χ4v) is 7.77. The van der Waals surface area contributed by atoms with Crippen LogP contribution in [0.15, 0.2) is 30.9 Å². The summed E-state index contributed by atoms with van der Waals surface area (Å²) in [5.41, 5.74) is 4.64. The summed E-state index contributed by atoms with van der Waals surface area (Å²) in [6.07, 6.45) is 9.11. The summed E-state index contributed by atoms with van der Waals surface area (Å²) < 4.78 is 6.27. The van der Waals surface area contributed by atoms with Crippen molar-refractivity contribution in [3.05, 3.63) is 47.5 Å². The normalized spacial score (nSPS) is 33.1. The molecule has 4 aliphatic rings. The third-order valence-corrected chi connectivity index (χ3v) is 8.43. The first kappa shape index (κ1) is 21.3. The number of hydrogen-bond donors (Lipinski definition) is 1. The molecule has 0 saturated heterocycles. The van der Waals surface area contributed by atoms with Gasteiger partial charge in [-0.2, -0.15) is 0 Å². The minimum Gasteiger partial charge on any atom is -0.407 e. The van der Waals surface area contributed by atoms with E-state index in [0.29, 0.717) is 5.41 Å². The van der Waals surface area contributed by atoms with Crippen LogP contribution in [0.4, 0.5) is 0 Å². The molecule has 2 unspecified atom stereocenters. The number of rotatable bonds is 6. The Kier molecular flexibility index (Phi) is 5.63. The van der Waals surface area contributed by atoms with E-state index >= 15 is 0 Å². The van der Waals surface area contributed by atoms with E-state index in [1.807, 2.05) is 0 Å². The number of aliphatic hydroxyl groups excluding tert-OH is 1. The second-order valence-electron chi connectivity index (χ2n) is 11.4. The Bertz CT molecular complexity index is 725. The van der Waals surface area contributed by atoms with E-state index in [2.05, 4.69) is 58.6 Å². The van der Waals surface area contributed by atoms with Gasteiger partial charge in [-0.3, -0.25) is 0 Å². The van der Waals surface area contributed by atoms with Crippen molar-refractivity contribution in [3.8, 4) is 0 Å². The van der Waals surface area contributed by atoms with Crippen LogP contribution < -0.4 is 0 Å². The molecule has 1 aromatic rings. The summed E-state index contributed by atoms with van der Waals surface area (Å²) >= 11 is 0. The minimum atomic E-state index is -0.937. The molecule has 0 aliphatic heterocycles. The predicted octanol–water partition coefficient (Wildman–Crippen LogP) is 6.31. The van der Waals surface area contributed by atoms with E-state index in [4.69, 9.17) is 4.43 Å². The van der Waals surface area contributed by atoms with Crippen LogP contribution >= 0.6 is 0 Å². The van der Waals surface area contributed by atoms with Crippen LogP contribution in [0.25, 0.3) is 0 Å². The highest BCUT2D eigenvalue weighted by atomic mass is 28.3. The highest BCUT2D eigenvalue weighted by Crippen LogP contribution is 2.61. The van der Waals surface area contributed by atoms with Crippen LogP contribution in [0.1, 0.15) is 82.1 Å². The predicted molar refractivity (Wildman–Crippen MR) is 123 cm³/mol. The van der Waals surface area contributed by atoms with Crippen LogP contribution in [0.3, 0.4) is 0 Å². The molecule has 3 heteroatoms. The smallest absolute Gasteiger partial charge is 0.206 e. The SMILES string of the molecule is C=CC(O)C(O[Si](C)C)c1ccc(C(C)(C)C)c(C23CC4CC(CC(C4)C2)C3)c1. The Labute approximate surface area is 179 Å². The van der Waals surface area contributed by atoms with Crippen molar-refractivity contribution in [1.82, 2.24) is 0 Å². The molecule has 0 spiro atoms. The Morgan fingerprint density at radius 2 is 1.66 bits per heavy atom. The van der Waals surface area contributed by atoms with Gasteiger partial charge in [-0.1, -0.05) is 45.0 Å². The van der Waals surface area contributed by atoms with Gasteiger partial charge in [0.15, 0.2) is 0 Å². The van der Waals surface area contributed by atoms with Gasteiger partial charge in [0, 0.05) is 0 Å². The Morgan fingerprint density at radius 1 is 1.10 bits per heavy atom. The molecule has 0 heterocycles. The van der Waals surface area contributed by atoms with E-state index in [0.717, 1.165) is 23.3 Å². The van der Waals surface area contributed by atoms with Crippen LogP contribution in [-0.4, -0.2) is 20.3 Å². The summed E-state index contributed by atoms with van der Waals surface area (Å²) in [7, 11) is -0.937.